The minimum absolute atomic E-state index is 0.446. The molecule has 0 aliphatic carbocycles. The zero-order chi connectivity index (χ0) is 10.8. The highest BCUT2D eigenvalue weighted by atomic mass is 127. The molecule has 5 heteroatoms. The topological polar surface area (TPSA) is 50.8 Å². The van der Waals surface area contributed by atoms with Crippen LogP contribution in [0.4, 0.5) is 0 Å². The van der Waals surface area contributed by atoms with Crippen molar-refractivity contribution in [3.63, 3.8) is 0 Å². The second-order valence-electron chi connectivity index (χ2n) is 3.03. The van der Waals surface area contributed by atoms with Gasteiger partial charge in [-0.3, -0.25) is 0 Å². The molecular weight excluding hydrogens is 305 g/mol. The predicted octanol–water partition coefficient (Wildman–Crippen LogP) is 2.12. The number of aromatic nitrogens is 2. The molecule has 0 unspecified atom stereocenters. The number of nitrogens with zero attached hydrogens (tertiary/aromatic N) is 3. The van der Waals surface area contributed by atoms with Crippen LogP contribution in [0, 0.1) is 14.9 Å². The van der Waals surface area contributed by atoms with Crippen LogP contribution >= 0.6 is 22.6 Å². The van der Waals surface area contributed by atoms with E-state index in [2.05, 4.69) is 33.6 Å². The maximum Gasteiger partial charge on any atom is 0.144 e. The Balaban J connectivity index is 2.75. The van der Waals surface area contributed by atoms with Crippen LogP contribution < -0.4 is 0 Å². The monoisotopic (exact) mass is 313 g/mol. The van der Waals surface area contributed by atoms with Crippen LogP contribution in [-0.4, -0.2) is 16.7 Å². The largest absolute Gasteiger partial charge is 0.364 e. The van der Waals surface area contributed by atoms with E-state index in [0.29, 0.717) is 12.3 Å². The molecule has 0 N–H and O–H groups in total. The van der Waals surface area contributed by atoms with Crippen LogP contribution in [0.15, 0.2) is 18.5 Å². The molecular formula is C10H8IN3O. The standard InChI is InChI=1S/C10H8IN3O/c1-15-6-14-5-8(11)9-7(4-12)2-3-13-10(9)14/h2-3,5H,6H2,1H3. The van der Waals surface area contributed by atoms with Gasteiger partial charge in [0.2, 0.25) is 0 Å². The smallest absolute Gasteiger partial charge is 0.144 e. The van der Waals surface area contributed by atoms with E-state index in [0.717, 1.165) is 14.6 Å². The molecule has 4 nitrogen and oxygen atoms in total. The first kappa shape index (κ1) is 10.4. The molecule has 0 spiro atoms. The Morgan fingerprint density at radius 3 is 3.13 bits per heavy atom. The van der Waals surface area contributed by atoms with Crippen LogP contribution in [0.2, 0.25) is 0 Å². The SMILES string of the molecule is COCn1cc(I)c2c(C#N)ccnc21. The van der Waals surface area contributed by atoms with Crippen LogP contribution in [0.1, 0.15) is 5.56 Å². The Bertz CT molecular complexity index is 541. The number of rotatable bonds is 2. The van der Waals surface area contributed by atoms with E-state index in [9.17, 15) is 0 Å². The van der Waals surface area contributed by atoms with E-state index >= 15 is 0 Å². The lowest BCUT2D eigenvalue weighted by molar-refractivity contribution is 0.134. The van der Waals surface area contributed by atoms with E-state index in [-0.39, 0.29) is 0 Å². The first-order chi connectivity index (χ1) is 7.27. The third-order valence-electron chi connectivity index (χ3n) is 2.10. The highest BCUT2D eigenvalue weighted by molar-refractivity contribution is 14.1. The maximum atomic E-state index is 8.98. The van der Waals surface area contributed by atoms with Gasteiger partial charge in [-0.1, -0.05) is 0 Å². The zero-order valence-electron chi connectivity index (χ0n) is 8.07. The number of hydrogen-bond acceptors (Lipinski definition) is 3. The van der Waals surface area contributed by atoms with Crippen molar-refractivity contribution < 1.29 is 4.74 Å². The maximum absolute atomic E-state index is 8.98. The predicted molar refractivity (Wildman–Crippen MR) is 64.2 cm³/mol. The van der Waals surface area contributed by atoms with E-state index in [1.807, 2.05) is 10.8 Å². The molecule has 0 aliphatic heterocycles. The average molecular weight is 313 g/mol. The van der Waals surface area contributed by atoms with Gasteiger partial charge in [-0.05, 0) is 28.7 Å². The summed E-state index contributed by atoms with van der Waals surface area (Å²) < 4.78 is 7.96. The molecule has 76 valence electrons. The number of methoxy groups -OCH3 is 1. The third-order valence-corrected chi connectivity index (χ3v) is 2.92. The number of hydrogen-bond donors (Lipinski definition) is 0. The van der Waals surface area contributed by atoms with Gasteiger partial charge >= 0.3 is 0 Å². The minimum atomic E-state index is 0.446. The molecule has 2 heterocycles. The summed E-state index contributed by atoms with van der Waals surface area (Å²) in [5, 5.41) is 9.88. The lowest BCUT2D eigenvalue weighted by Gasteiger charge is -2.01. The molecule has 2 aromatic heterocycles. The number of ether oxygens (including phenoxy) is 1. The van der Waals surface area contributed by atoms with Crippen molar-refractivity contribution in [1.82, 2.24) is 9.55 Å². The van der Waals surface area contributed by atoms with Crippen molar-refractivity contribution in [2.24, 2.45) is 0 Å². The van der Waals surface area contributed by atoms with Crippen molar-refractivity contribution in [2.75, 3.05) is 7.11 Å². The highest BCUT2D eigenvalue weighted by Crippen LogP contribution is 2.24. The number of pyridine rings is 1. The first-order valence-electron chi connectivity index (χ1n) is 4.30. The molecule has 0 saturated carbocycles. The van der Waals surface area contributed by atoms with Crippen LogP contribution in [-0.2, 0) is 11.5 Å². The molecule has 0 bridgehead atoms. The normalized spacial score (nSPS) is 10.5. The number of halogens is 1. The number of fused-ring (bicyclic) bond motifs is 1. The molecule has 2 aromatic rings. The van der Waals surface area contributed by atoms with Gasteiger partial charge in [0, 0.05) is 23.1 Å². The second-order valence-corrected chi connectivity index (χ2v) is 4.20. The van der Waals surface area contributed by atoms with E-state index in [4.69, 9.17) is 10.00 Å². The van der Waals surface area contributed by atoms with Gasteiger partial charge in [0.25, 0.3) is 0 Å². The molecule has 15 heavy (non-hydrogen) atoms. The molecule has 0 aromatic carbocycles. The molecule has 0 atom stereocenters. The summed E-state index contributed by atoms with van der Waals surface area (Å²) in [5.41, 5.74) is 1.44. The van der Waals surface area contributed by atoms with Crippen molar-refractivity contribution in [3.05, 3.63) is 27.6 Å². The Labute approximate surface area is 101 Å². The fourth-order valence-corrected chi connectivity index (χ4v) is 2.37. The van der Waals surface area contributed by atoms with Crippen LogP contribution in [0.5, 0.6) is 0 Å². The Kier molecular flexibility index (Phi) is 2.88. The summed E-state index contributed by atoms with van der Waals surface area (Å²) in [7, 11) is 1.63. The Hall–Kier alpha value is -1.13. The van der Waals surface area contributed by atoms with E-state index in [1.165, 1.54) is 0 Å². The molecule has 0 fully saturated rings. The van der Waals surface area contributed by atoms with Crippen LogP contribution in [0.3, 0.4) is 0 Å². The fourth-order valence-electron chi connectivity index (χ4n) is 1.50. The summed E-state index contributed by atoms with van der Waals surface area (Å²) in [5.74, 6) is 0. The lowest BCUT2D eigenvalue weighted by Crippen LogP contribution is -1.98. The minimum Gasteiger partial charge on any atom is -0.364 e. The summed E-state index contributed by atoms with van der Waals surface area (Å²) in [6.07, 6.45) is 3.58. The second kappa shape index (κ2) is 4.16. The van der Waals surface area contributed by atoms with Gasteiger partial charge in [-0.2, -0.15) is 5.26 Å². The van der Waals surface area contributed by atoms with E-state index < -0.39 is 0 Å². The van der Waals surface area contributed by atoms with Crippen molar-refractivity contribution >= 4 is 33.6 Å². The van der Waals surface area contributed by atoms with Gasteiger partial charge in [0.05, 0.1) is 17.0 Å². The molecule has 2 rings (SSSR count). The molecule has 0 saturated heterocycles. The van der Waals surface area contributed by atoms with E-state index in [1.54, 1.807) is 19.4 Å². The Morgan fingerprint density at radius 2 is 2.47 bits per heavy atom. The van der Waals surface area contributed by atoms with Crippen molar-refractivity contribution in [3.8, 4) is 6.07 Å². The quantitative estimate of drug-likeness (QED) is 0.798. The van der Waals surface area contributed by atoms with Crippen molar-refractivity contribution in [1.29, 1.82) is 5.26 Å². The lowest BCUT2D eigenvalue weighted by atomic mass is 10.2. The molecule has 0 aliphatic rings. The average Bonchev–Trinajstić information content (AvgIpc) is 2.57. The van der Waals surface area contributed by atoms with Gasteiger partial charge in [0.1, 0.15) is 12.4 Å². The summed E-state index contributed by atoms with van der Waals surface area (Å²) >= 11 is 2.20. The fraction of sp³-hybridized carbons (Fsp3) is 0.200. The van der Waals surface area contributed by atoms with Gasteiger partial charge in [-0.25, -0.2) is 4.98 Å². The van der Waals surface area contributed by atoms with Gasteiger partial charge in [-0.15, -0.1) is 0 Å². The summed E-state index contributed by atoms with van der Waals surface area (Å²) in [6.45, 7) is 0.446. The molecule has 0 amide bonds. The summed E-state index contributed by atoms with van der Waals surface area (Å²) in [6, 6.07) is 3.89. The molecule has 0 radical (unpaired) electrons. The first-order valence-corrected chi connectivity index (χ1v) is 5.38. The summed E-state index contributed by atoms with van der Waals surface area (Å²) in [4.78, 5) is 4.26. The number of nitriles is 1. The van der Waals surface area contributed by atoms with Gasteiger partial charge in [0.15, 0.2) is 0 Å². The Morgan fingerprint density at radius 1 is 1.67 bits per heavy atom. The van der Waals surface area contributed by atoms with Crippen molar-refractivity contribution in [2.45, 2.75) is 6.73 Å². The zero-order valence-corrected chi connectivity index (χ0v) is 10.2. The van der Waals surface area contributed by atoms with Crippen LogP contribution in [0.25, 0.3) is 11.0 Å². The van der Waals surface area contributed by atoms with Gasteiger partial charge < -0.3 is 9.30 Å². The third kappa shape index (κ3) is 1.70. The highest BCUT2D eigenvalue weighted by Gasteiger charge is 2.11.